The molecule has 3 aromatic rings. The van der Waals surface area contributed by atoms with Gasteiger partial charge in [-0.3, -0.25) is 9.59 Å². The first-order valence-electron chi connectivity index (χ1n) is 11.9. The lowest BCUT2D eigenvalue weighted by Gasteiger charge is -2.34. The first kappa shape index (κ1) is 26.7. The van der Waals surface area contributed by atoms with Crippen LogP contribution in [0.25, 0.3) is 5.82 Å². The van der Waals surface area contributed by atoms with Crippen molar-refractivity contribution in [2.75, 3.05) is 11.9 Å². The molecule has 12 heteroatoms. The third kappa shape index (κ3) is 5.08. The van der Waals surface area contributed by atoms with Crippen molar-refractivity contribution in [1.82, 2.24) is 24.0 Å². The second kappa shape index (κ2) is 10.5. The number of carbonyl (C=O) groups excluding carboxylic acids is 2. The molecule has 10 nitrogen and oxygen atoms in total. The molecule has 0 aliphatic carbocycles. The van der Waals surface area contributed by atoms with Crippen LogP contribution in [0.2, 0.25) is 10.0 Å². The number of fused-ring (bicyclic) bond motifs is 1. The van der Waals surface area contributed by atoms with Gasteiger partial charge in [-0.2, -0.15) is 0 Å². The largest absolute Gasteiger partial charge is 0.460 e. The topological polar surface area (TPSA) is 111 Å². The molecule has 1 aromatic carbocycles. The second-order valence-electron chi connectivity index (χ2n) is 9.13. The minimum atomic E-state index is -0.585. The average Bonchev–Trinajstić information content (AvgIpc) is 3.21. The second-order valence-corrected chi connectivity index (χ2v) is 9.95. The Balaban J connectivity index is 1.78. The number of anilines is 1. The summed E-state index contributed by atoms with van der Waals surface area (Å²) in [7, 11) is 1.64. The highest BCUT2D eigenvalue weighted by molar-refractivity contribution is 6.42. The van der Waals surface area contributed by atoms with Crippen molar-refractivity contribution in [2.24, 2.45) is 7.05 Å². The minimum Gasteiger partial charge on any atom is -0.460 e. The van der Waals surface area contributed by atoms with Gasteiger partial charge in [0.15, 0.2) is 0 Å². The van der Waals surface area contributed by atoms with E-state index in [-0.39, 0.29) is 48.5 Å². The van der Waals surface area contributed by atoms with Crippen LogP contribution in [-0.2, 0) is 24.8 Å². The predicted molar refractivity (Wildman–Crippen MR) is 141 cm³/mol. The lowest BCUT2D eigenvalue weighted by atomic mass is 9.98. The number of nitrogens with zero attached hydrogens (tertiary/aromatic N) is 5. The summed E-state index contributed by atoms with van der Waals surface area (Å²) in [5, 5.41) is 3.87. The Morgan fingerprint density at radius 1 is 1.24 bits per heavy atom. The molecule has 0 radical (unpaired) electrons. The van der Waals surface area contributed by atoms with Gasteiger partial charge in [-0.15, -0.1) is 0 Å². The molecule has 1 aliphatic rings. The van der Waals surface area contributed by atoms with Gasteiger partial charge < -0.3 is 19.5 Å². The fourth-order valence-electron chi connectivity index (χ4n) is 4.29. The molecule has 2 aromatic heterocycles. The summed E-state index contributed by atoms with van der Waals surface area (Å²) in [5.41, 5.74) is 1.11. The van der Waals surface area contributed by atoms with Crippen LogP contribution in [0.15, 0.2) is 29.2 Å². The van der Waals surface area contributed by atoms with Crippen LogP contribution in [0.3, 0.4) is 0 Å². The molecular weight excluding hydrogens is 519 g/mol. The van der Waals surface area contributed by atoms with Crippen LogP contribution < -0.4 is 10.9 Å². The molecule has 0 saturated heterocycles. The molecule has 3 heterocycles. The van der Waals surface area contributed by atoms with Gasteiger partial charge in [-0.05, 0) is 52.3 Å². The molecule has 4 rings (SSSR count). The highest BCUT2D eigenvalue weighted by Gasteiger charge is 2.33. The third-order valence-electron chi connectivity index (χ3n) is 6.11. The Kier molecular flexibility index (Phi) is 7.61. The molecule has 1 amide bonds. The fourth-order valence-corrected chi connectivity index (χ4v) is 4.58. The van der Waals surface area contributed by atoms with Crippen molar-refractivity contribution in [3.05, 3.63) is 67.4 Å². The molecule has 196 valence electrons. The molecule has 1 aliphatic heterocycles. The number of halogens is 2. The summed E-state index contributed by atoms with van der Waals surface area (Å²) in [5.74, 6) is -0.0868. The highest BCUT2D eigenvalue weighted by atomic mass is 35.5. The maximum Gasteiger partial charge on any atom is 0.374 e. The predicted octanol–water partition coefficient (Wildman–Crippen LogP) is 3.86. The summed E-state index contributed by atoms with van der Waals surface area (Å²) in [6.07, 6.45) is 1.75. The maximum absolute atomic E-state index is 13.8. The molecule has 0 bridgehead atoms. The van der Waals surface area contributed by atoms with Gasteiger partial charge in [0.2, 0.25) is 11.8 Å². The van der Waals surface area contributed by atoms with E-state index < -0.39 is 5.97 Å². The zero-order valence-electron chi connectivity index (χ0n) is 21.2. The first-order valence-corrected chi connectivity index (χ1v) is 12.7. The SMILES string of the molecule is CCOC(=O)c1ncc(-n2c(NC(C)C)nc3c(c2=O)C[C@@H](C)N(C(=O)c2ccc(Cl)c(Cl)c2)C3)n1C. The molecule has 0 spiro atoms. The molecule has 1 atom stereocenters. The zero-order valence-corrected chi connectivity index (χ0v) is 22.7. The summed E-state index contributed by atoms with van der Waals surface area (Å²) < 4.78 is 8.00. The Morgan fingerprint density at radius 2 is 1.97 bits per heavy atom. The van der Waals surface area contributed by atoms with E-state index in [1.54, 1.807) is 31.0 Å². The Morgan fingerprint density at radius 3 is 2.62 bits per heavy atom. The van der Waals surface area contributed by atoms with E-state index in [1.165, 1.54) is 21.4 Å². The van der Waals surface area contributed by atoms with Crippen LogP contribution in [0.5, 0.6) is 0 Å². The van der Waals surface area contributed by atoms with Crippen LogP contribution in [-0.4, -0.2) is 54.6 Å². The number of esters is 1. The average molecular weight is 547 g/mol. The minimum absolute atomic E-state index is 0.0505. The number of rotatable bonds is 6. The van der Waals surface area contributed by atoms with Crippen molar-refractivity contribution in [1.29, 1.82) is 0 Å². The maximum atomic E-state index is 13.8. The van der Waals surface area contributed by atoms with Crippen molar-refractivity contribution in [3.63, 3.8) is 0 Å². The molecule has 37 heavy (non-hydrogen) atoms. The highest BCUT2D eigenvalue weighted by Crippen LogP contribution is 2.27. The number of nitrogens with one attached hydrogen (secondary N) is 1. The van der Waals surface area contributed by atoms with E-state index in [2.05, 4.69) is 10.3 Å². The van der Waals surface area contributed by atoms with Crippen molar-refractivity contribution >= 4 is 41.0 Å². The lowest BCUT2D eigenvalue weighted by molar-refractivity contribution is 0.0507. The molecular formula is C25H28Cl2N6O4. The number of aromatic nitrogens is 4. The Bertz CT molecular complexity index is 1430. The van der Waals surface area contributed by atoms with Gasteiger partial charge in [0.05, 0.1) is 35.1 Å². The smallest absolute Gasteiger partial charge is 0.374 e. The number of hydrogen-bond acceptors (Lipinski definition) is 7. The van der Waals surface area contributed by atoms with Gasteiger partial charge in [0.25, 0.3) is 11.5 Å². The van der Waals surface area contributed by atoms with Gasteiger partial charge >= 0.3 is 5.97 Å². The van der Waals surface area contributed by atoms with Crippen molar-refractivity contribution < 1.29 is 14.3 Å². The van der Waals surface area contributed by atoms with E-state index in [4.69, 9.17) is 32.9 Å². The van der Waals surface area contributed by atoms with E-state index in [9.17, 15) is 14.4 Å². The number of hydrogen-bond donors (Lipinski definition) is 1. The van der Waals surface area contributed by atoms with Gasteiger partial charge in [-0.1, -0.05) is 23.2 Å². The summed E-state index contributed by atoms with van der Waals surface area (Å²) in [6, 6.07) is 4.42. The van der Waals surface area contributed by atoms with Gasteiger partial charge in [0, 0.05) is 30.3 Å². The molecule has 0 saturated carbocycles. The van der Waals surface area contributed by atoms with E-state index in [0.29, 0.717) is 39.1 Å². The van der Waals surface area contributed by atoms with Crippen molar-refractivity contribution in [3.8, 4) is 5.82 Å². The number of benzene rings is 1. The summed E-state index contributed by atoms with van der Waals surface area (Å²) >= 11 is 12.1. The summed E-state index contributed by atoms with van der Waals surface area (Å²) in [6.45, 7) is 7.79. The Labute approximate surface area is 224 Å². The third-order valence-corrected chi connectivity index (χ3v) is 6.85. The van der Waals surface area contributed by atoms with Crippen molar-refractivity contribution in [2.45, 2.75) is 52.7 Å². The number of imidazole rings is 1. The lowest BCUT2D eigenvalue weighted by Crippen LogP contribution is -2.46. The zero-order chi connectivity index (χ0) is 27.0. The number of ether oxygens (including phenoxy) is 1. The quantitative estimate of drug-likeness (QED) is 0.467. The monoisotopic (exact) mass is 546 g/mol. The van der Waals surface area contributed by atoms with Crippen LogP contribution in [0.1, 0.15) is 59.9 Å². The van der Waals surface area contributed by atoms with Crippen LogP contribution in [0, 0.1) is 0 Å². The number of carbonyl (C=O) groups is 2. The van der Waals surface area contributed by atoms with E-state index in [0.717, 1.165) is 0 Å². The Hall–Kier alpha value is -3.37. The fraction of sp³-hybridized carbons (Fsp3) is 0.400. The van der Waals surface area contributed by atoms with E-state index in [1.807, 2.05) is 20.8 Å². The molecule has 0 fully saturated rings. The van der Waals surface area contributed by atoms with Gasteiger partial charge in [-0.25, -0.2) is 19.3 Å². The number of amides is 1. The summed E-state index contributed by atoms with van der Waals surface area (Å²) in [4.78, 5) is 50.1. The van der Waals surface area contributed by atoms with E-state index >= 15 is 0 Å². The first-order chi connectivity index (χ1) is 17.5. The normalized spacial score (nSPS) is 15.0. The van der Waals surface area contributed by atoms with Crippen LogP contribution in [0.4, 0.5) is 5.95 Å². The van der Waals surface area contributed by atoms with Crippen LogP contribution >= 0.6 is 23.2 Å². The molecule has 1 N–H and O–H groups in total. The molecule has 0 unspecified atom stereocenters. The van der Waals surface area contributed by atoms with Gasteiger partial charge in [0.1, 0.15) is 5.82 Å². The standard InChI is InChI=1S/C25H28Cl2N6O4/c1-6-37-24(36)21-28-11-20(31(21)5)33-23(35)16-9-14(4)32(12-19(16)30-25(33)29-13(2)3)22(34)15-7-8-17(26)18(27)10-15/h7-8,10-11,13-14H,6,9,12H2,1-5H3,(H,29,30)/t14-/m1/s1.